The normalized spacial score (nSPS) is 25.0. The minimum Gasteiger partial charge on any atom is -0.395 e. The highest BCUT2D eigenvalue weighted by Gasteiger charge is 2.30. The molecule has 1 amide bonds. The second-order valence-corrected chi connectivity index (χ2v) is 6.56. The molecule has 0 aromatic heterocycles. The van der Waals surface area contributed by atoms with E-state index in [4.69, 9.17) is 0 Å². The predicted molar refractivity (Wildman–Crippen MR) is 86.6 cm³/mol. The zero-order valence-electron chi connectivity index (χ0n) is 13.4. The number of aryl methyl sites for hydroxylation is 1. The summed E-state index contributed by atoms with van der Waals surface area (Å²) in [6.07, 6.45) is 5.38. The average molecular weight is 302 g/mol. The Bertz CT molecular complexity index is 532. The molecule has 2 aliphatic rings. The van der Waals surface area contributed by atoms with Crippen LogP contribution in [0.2, 0.25) is 0 Å². The largest absolute Gasteiger partial charge is 0.395 e. The molecule has 4 heteroatoms. The van der Waals surface area contributed by atoms with Gasteiger partial charge in [-0.05, 0) is 49.8 Å². The van der Waals surface area contributed by atoms with Crippen molar-refractivity contribution in [3.63, 3.8) is 0 Å². The molecule has 1 unspecified atom stereocenters. The first-order valence-corrected chi connectivity index (χ1v) is 8.39. The smallest absolute Gasteiger partial charge is 0.237 e. The number of hydrogen-bond acceptors (Lipinski definition) is 3. The topological polar surface area (TPSA) is 43.8 Å². The first kappa shape index (κ1) is 15.5. The number of likely N-dealkylation sites (tertiary alicyclic amines) is 1. The lowest BCUT2D eigenvalue weighted by Crippen LogP contribution is -2.43. The maximum atomic E-state index is 12.7. The number of nitrogens with zero attached hydrogens (tertiary/aromatic N) is 2. The van der Waals surface area contributed by atoms with Crippen LogP contribution in [0, 0.1) is 0 Å². The maximum Gasteiger partial charge on any atom is 0.237 e. The van der Waals surface area contributed by atoms with E-state index in [0.717, 1.165) is 38.6 Å². The van der Waals surface area contributed by atoms with E-state index in [2.05, 4.69) is 29.2 Å². The molecule has 3 rings (SSSR count). The first-order chi connectivity index (χ1) is 10.7. The Morgan fingerprint density at radius 2 is 2.14 bits per heavy atom. The number of amides is 1. The van der Waals surface area contributed by atoms with Gasteiger partial charge in [-0.3, -0.25) is 9.69 Å². The van der Waals surface area contributed by atoms with E-state index in [1.165, 1.54) is 11.1 Å². The molecule has 1 aliphatic carbocycles. The van der Waals surface area contributed by atoms with Crippen molar-refractivity contribution in [1.82, 2.24) is 9.80 Å². The number of carbonyl (C=O) groups is 1. The summed E-state index contributed by atoms with van der Waals surface area (Å²) >= 11 is 0. The minimum absolute atomic E-state index is 0.156. The van der Waals surface area contributed by atoms with Crippen LogP contribution >= 0.6 is 0 Å². The monoisotopic (exact) mass is 302 g/mol. The zero-order chi connectivity index (χ0) is 15.5. The number of hydrogen-bond donors (Lipinski definition) is 1. The van der Waals surface area contributed by atoms with Crippen LogP contribution in [-0.4, -0.2) is 53.6 Å². The van der Waals surface area contributed by atoms with Crippen molar-refractivity contribution in [2.24, 2.45) is 0 Å². The summed E-state index contributed by atoms with van der Waals surface area (Å²) in [7, 11) is 1.93. The number of aliphatic hydroxyl groups is 1. The fraction of sp³-hybridized carbons (Fsp3) is 0.611. The van der Waals surface area contributed by atoms with Crippen LogP contribution in [0.15, 0.2) is 24.3 Å². The van der Waals surface area contributed by atoms with Crippen LogP contribution in [-0.2, 0) is 11.2 Å². The van der Waals surface area contributed by atoms with Crippen LogP contribution in [0.4, 0.5) is 0 Å². The second kappa shape index (κ2) is 6.80. The number of fused-ring (bicyclic) bond motifs is 1. The number of benzene rings is 1. The van der Waals surface area contributed by atoms with E-state index in [0.29, 0.717) is 6.54 Å². The van der Waals surface area contributed by atoms with Crippen LogP contribution in [0.3, 0.4) is 0 Å². The number of likely N-dealkylation sites (N-methyl/N-ethyl adjacent to an activating group) is 1. The van der Waals surface area contributed by atoms with Crippen LogP contribution in [0.25, 0.3) is 0 Å². The summed E-state index contributed by atoms with van der Waals surface area (Å²) in [5.74, 6) is 0.169. The molecule has 0 bridgehead atoms. The van der Waals surface area contributed by atoms with Crippen molar-refractivity contribution in [1.29, 1.82) is 0 Å². The molecule has 1 saturated heterocycles. The third-order valence-corrected chi connectivity index (χ3v) is 5.25. The van der Waals surface area contributed by atoms with Gasteiger partial charge < -0.3 is 10.0 Å². The van der Waals surface area contributed by atoms with E-state index in [1.807, 2.05) is 11.9 Å². The molecule has 1 heterocycles. The Morgan fingerprint density at radius 1 is 1.32 bits per heavy atom. The van der Waals surface area contributed by atoms with Crippen molar-refractivity contribution < 1.29 is 9.90 Å². The van der Waals surface area contributed by atoms with Crippen molar-refractivity contribution in [2.45, 2.75) is 44.2 Å². The fourth-order valence-corrected chi connectivity index (χ4v) is 3.90. The summed E-state index contributed by atoms with van der Waals surface area (Å²) in [5, 5.41) is 9.40. The van der Waals surface area contributed by atoms with Crippen molar-refractivity contribution in [3.05, 3.63) is 35.4 Å². The van der Waals surface area contributed by atoms with Gasteiger partial charge in [0.05, 0.1) is 19.2 Å². The molecule has 1 aromatic rings. The molecule has 0 radical (unpaired) electrons. The van der Waals surface area contributed by atoms with Gasteiger partial charge in [0.25, 0.3) is 0 Å². The van der Waals surface area contributed by atoms with E-state index in [1.54, 1.807) is 0 Å². The summed E-state index contributed by atoms with van der Waals surface area (Å²) in [4.78, 5) is 16.7. The van der Waals surface area contributed by atoms with Gasteiger partial charge in [0.1, 0.15) is 0 Å². The first-order valence-electron chi connectivity index (χ1n) is 8.39. The Balaban J connectivity index is 1.69. The predicted octanol–water partition coefficient (Wildman–Crippen LogP) is 1.98. The van der Waals surface area contributed by atoms with Gasteiger partial charge in [-0.1, -0.05) is 24.3 Å². The fourth-order valence-electron chi connectivity index (χ4n) is 3.90. The van der Waals surface area contributed by atoms with Crippen LogP contribution in [0.5, 0.6) is 0 Å². The summed E-state index contributed by atoms with van der Waals surface area (Å²) in [6.45, 7) is 1.51. The van der Waals surface area contributed by atoms with Gasteiger partial charge in [0.2, 0.25) is 5.91 Å². The molecule has 120 valence electrons. The molecule has 4 nitrogen and oxygen atoms in total. The van der Waals surface area contributed by atoms with Gasteiger partial charge in [0, 0.05) is 13.1 Å². The summed E-state index contributed by atoms with van der Waals surface area (Å²) in [5.41, 5.74) is 2.69. The van der Waals surface area contributed by atoms with Crippen LogP contribution < -0.4 is 0 Å². The lowest BCUT2D eigenvalue weighted by atomic mass is 9.87. The molecule has 0 spiro atoms. The summed E-state index contributed by atoms with van der Waals surface area (Å²) in [6, 6.07) is 8.86. The molecule has 1 fully saturated rings. The molecular weight excluding hydrogens is 276 g/mol. The average Bonchev–Trinajstić information content (AvgIpc) is 3.00. The van der Waals surface area contributed by atoms with Crippen LogP contribution in [0.1, 0.15) is 42.9 Å². The number of rotatable bonds is 4. The standard InChI is InChI=1S/C18H26N2O2/c1-19(18(22)12-20-11-5-8-15(20)13-21)17-10-4-7-14-6-2-3-9-16(14)17/h2-3,6,9,15,17,21H,4-5,7-8,10-13H2,1H3/t15-,17?/m1/s1. The Kier molecular flexibility index (Phi) is 4.79. The van der Waals surface area contributed by atoms with Gasteiger partial charge in [-0.25, -0.2) is 0 Å². The highest BCUT2D eigenvalue weighted by atomic mass is 16.3. The number of carbonyl (C=O) groups excluding carboxylic acids is 1. The summed E-state index contributed by atoms with van der Waals surface area (Å²) < 4.78 is 0. The highest BCUT2D eigenvalue weighted by molar-refractivity contribution is 5.78. The maximum absolute atomic E-state index is 12.7. The third-order valence-electron chi connectivity index (χ3n) is 5.25. The van der Waals surface area contributed by atoms with E-state index in [9.17, 15) is 9.90 Å². The third kappa shape index (κ3) is 3.03. The quantitative estimate of drug-likeness (QED) is 0.925. The zero-order valence-corrected chi connectivity index (χ0v) is 13.4. The van der Waals surface area contributed by atoms with Crippen molar-refractivity contribution in [3.8, 4) is 0 Å². The molecule has 2 atom stereocenters. The SMILES string of the molecule is CN(C(=O)CN1CCC[C@@H]1CO)C1CCCc2ccccc21. The Hall–Kier alpha value is -1.39. The lowest BCUT2D eigenvalue weighted by Gasteiger charge is -2.34. The van der Waals surface area contributed by atoms with E-state index >= 15 is 0 Å². The van der Waals surface area contributed by atoms with Crippen molar-refractivity contribution in [2.75, 3.05) is 26.7 Å². The highest BCUT2D eigenvalue weighted by Crippen LogP contribution is 2.33. The molecule has 0 saturated carbocycles. The van der Waals surface area contributed by atoms with Gasteiger partial charge >= 0.3 is 0 Å². The van der Waals surface area contributed by atoms with Gasteiger partial charge in [0.15, 0.2) is 0 Å². The molecular formula is C18H26N2O2. The Morgan fingerprint density at radius 3 is 2.95 bits per heavy atom. The van der Waals surface area contributed by atoms with E-state index < -0.39 is 0 Å². The van der Waals surface area contributed by atoms with Crippen molar-refractivity contribution >= 4 is 5.91 Å². The molecule has 1 aromatic carbocycles. The van der Waals surface area contributed by atoms with Gasteiger partial charge in [-0.2, -0.15) is 0 Å². The molecule has 1 N–H and O–H groups in total. The Labute approximate surface area is 132 Å². The number of aliphatic hydroxyl groups excluding tert-OH is 1. The molecule has 22 heavy (non-hydrogen) atoms. The molecule has 1 aliphatic heterocycles. The minimum atomic E-state index is 0.156. The van der Waals surface area contributed by atoms with E-state index in [-0.39, 0.29) is 24.6 Å². The van der Waals surface area contributed by atoms with Gasteiger partial charge in [-0.15, -0.1) is 0 Å². The second-order valence-electron chi connectivity index (χ2n) is 6.56. The lowest BCUT2D eigenvalue weighted by molar-refractivity contribution is -0.134.